The second-order valence-corrected chi connectivity index (χ2v) is 7.31. The average molecular weight is 328 g/mol. The molecule has 7 heteroatoms. The standard InChI is InChI=1S/C14H20N2O3S2/c1-2-13-11(7-8-19-13)9-16-21(17,18)12-5-3-10(4-6-12)14(15)20/h3-6,11,13,16H,2,7-9H2,1H3,(H2,15,20). The zero-order valence-electron chi connectivity index (χ0n) is 11.9. The summed E-state index contributed by atoms with van der Waals surface area (Å²) in [4.78, 5) is 0.468. The highest BCUT2D eigenvalue weighted by Gasteiger charge is 2.28. The number of ether oxygens (including phenoxy) is 1. The van der Waals surface area contributed by atoms with Gasteiger partial charge in [0.05, 0.1) is 11.0 Å². The van der Waals surface area contributed by atoms with Crippen LogP contribution in [0.4, 0.5) is 0 Å². The van der Waals surface area contributed by atoms with Gasteiger partial charge in [-0.3, -0.25) is 0 Å². The van der Waals surface area contributed by atoms with Gasteiger partial charge in [0.15, 0.2) is 0 Å². The van der Waals surface area contributed by atoms with Crippen molar-refractivity contribution in [2.45, 2.75) is 30.8 Å². The summed E-state index contributed by atoms with van der Waals surface area (Å²) < 4.78 is 32.7. The van der Waals surface area contributed by atoms with Gasteiger partial charge in [-0.2, -0.15) is 0 Å². The van der Waals surface area contributed by atoms with Crippen LogP contribution < -0.4 is 10.5 Å². The van der Waals surface area contributed by atoms with E-state index >= 15 is 0 Å². The Morgan fingerprint density at radius 3 is 2.67 bits per heavy atom. The number of nitrogens with one attached hydrogen (secondary N) is 1. The number of nitrogens with two attached hydrogens (primary N) is 1. The molecule has 1 fully saturated rings. The topological polar surface area (TPSA) is 81.4 Å². The average Bonchev–Trinajstić information content (AvgIpc) is 2.93. The molecule has 1 heterocycles. The van der Waals surface area contributed by atoms with Crippen LogP contribution in [0, 0.1) is 5.92 Å². The third-order valence-electron chi connectivity index (χ3n) is 3.73. The van der Waals surface area contributed by atoms with Gasteiger partial charge in [0.1, 0.15) is 4.99 Å². The van der Waals surface area contributed by atoms with E-state index in [0.29, 0.717) is 18.7 Å². The van der Waals surface area contributed by atoms with Gasteiger partial charge in [0.25, 0.3) is 0 Å². The van der Waals surface area contributed by atoms with E-state index in [2.05, 4.69) is 4.72 Å². The largest absolute Gasteiger partial charge is 0.389 e. The van der Waals surface area contributed by atoms with Gasteiger partial charge in [-0.05, 0) is 25.0 Å². The molecule has 0 aromatic heterocycles. The van der Waals surface area contributed by atoms with E-state index in [1.54, 1.807) is 12.1 Å². The molecular weight excluding hydrogens is 308 g/mol. The van der Waals surface area contributed by atoms with Crippen LogP contribution in [-0.4, -0.2) is 32.7 Å². The summed E-state index contributed by atoms with van der Waals surface area (Å²) in [6.07, 6.45) is 1.93. The second-order valence-electron chi connectivity index (χ2n) is 5.11. The Bertz CT molecular complexity index is 599. The third-order valence-corrected chi connectivity index (χ3v) is 5.41. The summed E-state index contributed by atoms with van der Waals surface area (Å²) in [7, 11) is -3.51. The van der Waals surface area contributed by atoms with Crippen molar-refractivity contribution in [2.75, 3.05) is 13.2 Å². The van der Waals surface area contributed by atoms with Crippen LogP contribution in [0.5, 0.6) is 0 Å². The third kappa shape index (κ3) is 4.00. The molecule has 5 nitrogen and oxygen atoms in total. The van der Waals surface area contributed by atoms with Gasteiger partial charge < -0.3 is 10.5 Å². The van der Waals surface area contributed by atoms with E-state index < -0.39 is 10.0 Å². The number of rotatable bonds is 6. The molecule has 21 heavy (non-hydrogen) atoms. The minimum atomic E-state index is -3.51. The molecule has 1 saturated heterocycles. The van der Waals surface area contributed by atoms with Crippen LogP contribution in [0.2, 0.25) is 0 Å². The van der Waals surface area contributed by atoms with Gasteiger partial charge in [-0.25, -0.2) is 13.1 Å². The van der Waals surface area contributed by atoms with Gasteiger partial charge >= 0.3 is 0 Å². The molecule has 2 unspecified atom stereocenters. The Morgan fingerprint density at radius 1 is 1.43 bits per heavy atom. The number of hydrogen-bond acceptors (Lipinski definition) is 4. The van der Waals surface area contributed by atoms with Crippen LogP contribution in [-0.2, 0) is 14.8 Å². The summed E-state index contributed by atoms with van der Waals surface area (Å²) in [5.41, 5.74) is 6.15. The number of benzene rings is 1. The molecule has 0 radical (unpaired) electrons. The molecule has 1 aliphatic heterocycles. The Balaban J connectivity index is 2.02. The van der Waals surface area contributed by atoms with Crippen LogP contribution >= 0.6 is 12.2 Å². The molecule has 3 N–H and O–H groups in total. The summed E-state index contributed by atoms with van der Waals surface area (Å²) in [6, 6.07) is 6.26. The van der Waals surface area contributed by atoms with Gasteiger partial charge in [-0.15, -0.1) is 0 Å². The first kappa shape index (κ1) is 16.4. The van der Waals surface area contributed by atoms with Crippen molar-refractivity contribution in [3.63, 3.8) is 0 Å². The molecule has 2 rings (SSSR count). The van der Waals surface area contributed by atoms with Crippen LogP contribution in [0.3, 0.4) is 0 Å². The molecule has 1 aromatic rings. The van der Waals surface area contributed by atoms with Crippen molar-refractivity contribution >= 4 is 27.2 Å². The van der Waals surface area contributed by atoms with E-state index in [1.807, 2.05) is 6.92 Å². The SMILES string of the molecule is CCC1OCCC1CNS(=O)(=O)c1ccc(C(N)=S)cc1. The summed E-state index contributed by atoms with van der Waals surface area (Å²) in [6.45, 7) is 3.15. The molecule has 2 atom stereocenters. The Kier molecular flexibility index (Phi) is 5.32. The first-order valence-corrected chi connectivity index (χ1v) is 8.84. The molecular formula is C14H20N2O3S2. The van der Waals surface area contributed by atoms with Gasteiger partial charge in [0, 0.05) is 24.6 Å². The highest BCUT2D eigenvalue weighted by Crippen LogP contribution is 2.23. The molecule has 1 aromatic carbocycles. The van der Waals surface area contributed by atoms with E-state index in [1.165, 1.54) is 12.1 Å². The summed E-state index contributed by atoms with van der Waals surface area (Å²) >= 11 is 4.85. The normalized spacial score (nSPS) is 22.3. The summed E-state index contributed by atoms with van der Waals surface area (Å²) in [5, 5.41) is 0. The highest BCUT2D eigenvalue weighted by molar-refractivity contribution is 7.89. The van der Waals surface area contributed by atoms with Crippen molar-refractivity contribution in [1.29, 1.82) is 0 Å². The molecule has 0 bridgehead atoms. The lowest BCUT2D eigenvalue weighted by atomic mass is 10.0. The quantitative estimate of drug-likeness (QED) is 0.772. The highest BCUT2D eigenvalue weighted by atomic mass is 32.2. The van der Waals surface area contributed by atoms with Crippen molar-refractivity contribution in [2.24, 2.45) is 11.7 Å². The number of sulfonamides is 1. The Labute approximate surface area is 130 Å². The maximum atomic E-state index is 12.2. The molecule has 0 amide bonds. The predicted octanol–water partition coefficient (Wildman–Crippen LogP) is 1.41. The minimum absolute atomic E-state index is 0.143. The lowest BCUT2D eigenvalue weighted by Gasteiger charge is -2.17. The van der Waals surface area contributed by atoms with Gasteiger partial charge in [0.2, 0.25) is 10.0 Å². The predicted molar refractivity (Wildman–Crippen MR) is 85.7 cm³/mol. The smallest absolute Gasteiger partial charge is 0.240 e. The zero-order chi connectivity index (χ0) is 15.5. The molecule has 0 saturated carbocycles. The van der Waals surface area contributed by atoms with E-state index in [-0.39, 0.29) is 21.9 Å². The maximum absolute atomic E-state index is 12.2. The van der Waals surface area contributed by atoms with Gasteiger partial charge in [-0.1, -0.05) is 31.3 Å². The van der Waals surface area contributed by atoms with Crippen molar-refractivity contribution in [3.05, 3.63) is 29.8 Å². The fourth-order valence-corrected chi connectivity index (χ4v) is 3.71. The minimum Gasteiger partial charge on any atom is -0.389 e. The number of hydrogen-bond donors (Lipinski definition) is 2. The van der Waals surface area contributed by atoms with Crippen LogP contribution in [0.25, 0.3) is 0 Å². The zero-order valence-corrected chi connectivity index (χ0v) is 13.5. The lowest BCUT2D eigenvalue weighted by Crippen LogP contribution is -2.32. The molecule has 0 spiro atoms. The van der Waals surface area contributed by atoms with E-state index in [9.17, 15) is 8.42 Å². The maximum Gasteiger partial charge on any atom is 0.240 e. The Hall–Kier alpha value is -1.02. The second kappa shape index (κ2) is 6.83. The van der Waals surface area contributed by atoms with Crippen molar-refractivity contribution in [3.8, 4) is 0 Å². The fourth-order valence-electron chi connectivity index (χ4n) is 2.48. The van der Waals surface area contributed by atoms with Crippen molar-refractivity contribution < 1.29 is 13.2 Å². The molecule has 1 aliphatic rings. The first-order valence-electron chi connectivity index (χ1n) is 6.95. The van der Waals surface area contributed by atoms with E-state index in [0.717, 1.165) is 12.8 Å². The first-order chi connectivity index (χ1) is 9.94. The van der Waals surface area contributed by atoms with E-state index in [4.69, 9.17) is 22.7 Å². The van der Waals surface area contributed by atoms with Crippen LogP contribution in [0.1, 0.15) is 25.3 Å². The van der Waals surface area contributed by atoms with Crippen LogP contribution in [0.15, 0.2) is 29.2 Å². The fraction of sp³-hybridized carbons (Fsp3) is 0.500. The molecule has 0 aliphatic carbocycles. The molecule has 116 valence electrons. The monoisotopic (exact) mass is 328 g/mol. The van der Waals surface area contributed by atoms with Crippen molar-refractivity contribution in [1.82, 2.24) is 4.72 Å². The Morgan fingerprint density at radius 2 is 2.10 bits per heavy atom. The number of thiocarbonyl (C=S) groups is 1. The lowest BCUT2D eigenvalue weighted by molar-refractivity contribution is 0.0884. The summed E-state index contributed by atoms with van der Waals surface area (Å²) in [5.74, 6) is 0.237.